The molecule has 0 saturated carbocycles. The summed E-state index contributed by atoms with van der Waals surface area (Å²) in [5.74, 6) is -0.877. The van der Waals surface area contributed by atoms with Crippen molar-refractivity contribution in [2.45, 2.75) is 6.92 Å². The summed E-state index contributed by atoms with van der Waals surface area (Å²) >= 11 is 6.79. The van der Waals surface area contributed by atoms with Crippen LogP contribution in [0.4, 0.5) is 0 Å². The summed E-state index contributed by atoms with van der Waals surface area (Å²) in [7, 11) is 0. The Morgan fingerprint density at radius 1 is 1.47 bits per heavy atom. The Hall–Kier alpha value is -1.18. The lowest BCUT2D eigenvalue weighted by Crippen LogP contribution is -2.40. The first-order valence-electron chi connectivity index (χ1n) is 5.84. The normalized spacial score (nSPS) is 15.4. The van der Waals surface area contributed by atoms with Crippen LogP contribution in [0.25, 0.3) is 0 Å². The van der Waals surface area contributed by atoms with Crippen molar-refractivity contribution in [3.05, 3.63) is 15.0 Å². The average molecular weight is 305 g/mol. The number of nitrogens with zero attached hydrogens (tertiary/aromatic N) is 2. The highest BCUT2D eigenvalue weighted by atomic mass is 35.5. The molecule has 1 amide bonds. The van der Waals surface area contributed by atoms with Crippen LogP contribution in [0.5, 0.6) is 0 Å². The van der Waals surface area contributed by atoms with Crippen molar-refractivity contribution in [3.63, 3.8) is 0 Å². The molecule has 1 fully saturated rings. The second-order valence-electron chi connectivity index (χ2n) is 3.77. The zero-order chi connectivity index (χ0) is 13.8. The molecule has 0 bridgehead atoms. The number of aromatic nitrogens is 1. The topological polar surface area (TPSA) is 68.7 Å². The van der Waals surface area contributed by atoms with Gasteiger partial charge in [0.05, 0.1) is 19.8 Å². The van der Waals surface area contributed by atoms with E-state index < -0.39 is 5.97 Å². The molecule has 0 N–H and O–H groups in total. The van der Waals surface area contributed by atoms with Gasteiger partial charge in [-0.1, -0.05) is 22.9 Å². The number of carbonyl (C=O) groups is 2. The van der Waals surface area contributed by atoms with E-state index in [-0.39, 0.29) is 27.6 Å². The van der Waals surface area contributed by atoms with Gasteiger partial charge in [-0.05, 0) is 6.92 Å². The molecular formula is C11H13ClN2O4S. The Bertz CT molecular complexity index is 485. The van der Waals surface area contributed by atoms with Crippen molar-refractivity contribution in [1.82, 2.24) is 9.88 Å². The van der Waals surface area contributed by atoms with Crippen LogP contribution in [0.15, 0.2) is 0 Å². The number of hydrogen-bond acceptors (Lipinski definition) is 6. The van der Waals surface area contributed by atoms with Gasteiger partial charge < -0.3 is 14.4 Å². The molecule has 0 atom stereocenters. The summed E-state index contributed by atoms with van der Waals surface area (Å²) in [5, 5.41) is 0. The maximum Gasteiger partial charge on any atom is 0.358 e. The number of thiazole rings is 1. The summed E-state index contributed by atoms with van der Waals surface area (Å²) in [6, 6.07) is 0. The van der Waals surface area contributed by atoms with Crippen LogP contribution in [0.3, 0.4) is 0 Å². The minimum atomic E-state index is -0.623. The van der Waals surface area contributed by atoms with Crippen LogP contribution < -0.4 is 0 Å². The molecule has 19 heavy (non-hydrogen) atoms. The summed E-state index contributed by atoms with van der Waals surface area (Å²) < 4.78 is 10.2. The lowest BCUT2D eigenvalue weighted by atomic mass is 10.3. The summed E-state index contributed by atoms with van der Waals surface area (Å²) in [6.07, 6.45) is 0. The third-order valence-electron chi connectivity index (χ3n) is 2.56. The molecule has 2 rings (SSSR count). The molecule has 1 aromatic rings. The van der Waals surface area contributed by atoms with Gasteiger partial charge in [0.2, 0.25) is 0 Å². The highest BCUT2D eigenvalue weighted by Gasteiger charge is 2.28. The molecule has 0 radical (unpaired) electrons. The maximum atomic E-state index is 12.3. The third kappa shape index (κ3) is 3.23. The zero-order valence-electron chi connectivity index (χ0n) is 10.3. The molecule has 1 aliphatic heterocycles. The first-order chi connectivity index (χ1) is 9.13. The lowest BCUT2D eigenvalue weighted by molar-refractivity contribution is 0.0301. The number of rotatable bonds is 3. The smallest absolute Gasteiger partial charge is 0.358 e. The van der Waals surface area contributed by atoms with Crippen LogP contribution in [0.1, 0.15) is 27.1 Å². The van der Waals surface area contributed by atoms with E-state index in [9.17, 15) is 9.59 Å². The number of morpholine rings is 1. The van der Waals surface area contributed by atoms with Gasteiger partial charge in [-0.2, -0.15) is 0 Å². The minimum Gasteiger partial charge on any atom is -0.461 e. The Labute approximate surface area is 119 Å². The van der Waals surface area contributed by atoms with Crippen LogP contribution in [-0.2, 0) is 9.47 Å². The van der Waals surface area contributed by atoms with Crippen LogP contribution in [0.2, 0.25) is 4.47 Å². The van der Waals surface area contributed by atoms with Crippen molar-refractivity contribution < 1.29 is 19.1 Å². The number of amides is 1. The first kappa shape index (κ1) is 14.2. The Balaban J connectivity index is 2.23. The van der Waals surface area contributed by atoms with E-state index in [0.717, 1.165) is 11.3 Å². The monoisotopic (exact) mass is 304 g/mol. The van der Waals surface area contributed by atoms with Gasteiger partial charge in [0, 0.05) is 13.1 Å². The molecule has 0 spiro atoms. The first-order valence-corrected chi connectivity index (χ1v) is 7.03. The Morgan fingerprint density at radius 3 is 2.79 bits per heavy atom. The number of hydrogen-bond donors (Lipinski definition) is 0. The van der Waals surface area contributed by atoms with Gasteiger partial charge in [-0.25, -0.2) is 9.78 Å². The number of esters is 1. The van der Waals surface area contributed by atoms with E-state index in [0.29, 0.717) is 26.3 Å². The second kappa shape index (κ2) is 6.31. The van der Waals surface area contributed by atoms with Crippen LogP contribution in [0, 0.1) is 0 Å². The van der Waals surface area contributed by atoms with E-state index in [1.54, 1.807) is 11.8 Å². The molecule has 0 aromatic carbocycles. The minimum absolute atomic E-state index is 0.00616. The molecule has 104 valence electrons. The fourth-order valence-corrected chi connectivity index (χ4v) is 2.75. The number of halogens is 1. The standard InChI is InChI=1S/C11H13ClN2O4S/c1-2-18-10(16)7-8(19-11(12)13-7)9(15)14-3-5-17-6-4-14/h2-6H2,1H3. The lowest BCUT2D eigenvalue weighted by Gasteiger charge is -2.26. The largest absolute Gasteiger partial charge is 0.461 e. The summed E-state index contributed by atoms with van der Waals surface area (Å²) in [6.45, 7) is 3.89. The highest BCUT2D eigenvalue weighted by Crippen LogP contribution is 2.25. The molecule has 1 aromatic heterocycles. The Kier molecular flexibility index (Phi) is 4.73. The molecule has 8 heteroatoms. The molecule has 6 nitrogen and oxygen atoms in total. The third-order valence-corrected chi connectivity index (χ3v) is 3.71. The van der Waals surface area contributed by atoms with Gasteiger partial charge in [-0.3, -0.25) is 4.79 Å². The predicted molar refractivity (Wildman–Crippen MR) is 69.8 cm³/mol. The fourth-order valence-electron chi connectivity index (χ4n) is 1.69. The van der Waals surface area contributed by atoms with Crippen LogP contribution >= 0.6 is 22.9 Å². The molecule has 0 aliphatic carbocycles. The summed E-state index contributed by atoms with van der Waals surface area (Å²) in [5.41, 5.74) is -0.00616. The van der Waals surface area contributed by atoms with Crippen molar-refractivity contribution in [2.75, 3.05) is 32.9 Å². The van der Waals surface area contributed by atoms with Crippen molar-refractivity contribution in [1.29, 1.82) is 0 Å². The molecule has 1 aliphatic rings. The van der Waals surface area contributed by atoms with E-state index in [2.05, 4.69) is 4.98 Å². The SMILES string of the molecule is CCOC(=O)c1nc(Cl)sc1C(=O)N1CCOCC1. The van der Waals surface area contributed by atoms with E-state index in [1.165, 1.54) is 0 Å². The molecule has 0 unspecified atom stereocenters. The van der Waals surface area contributed by atoms with Crippen molar-refractivity contribution in [3.8, 4) is 0 Å². The highest BCUT2D eigenvalue weighted by molar-refractivity contribution is 7.17. The number of ether oxygens (including phenoxy) is 2. The second-order valence-corrected chi connectivity index (χ2v) is 5.35. The van der Waals surface area contributed by atoms with Gasteiger partial charge in [0.15, 0.2) is 10.2 Å². The van der Waals surface area contributed by atoms with Crippen molar-refractivity contribution >= 4 is 34.8 Å². The van der Waals surface area contributed by atoms with Gasteiger partial charge in [0.1, 0.15) is 4.88 Å². The average Bonchev–Trinajstić information content (AvgIpc) is 2.81. The molecular weight excluding hydrogens is 292 g/mol. The van der Waals surface area contributed by atoms with E-state index >= 15 is 0 Å². The Morgan fingerprint density at radius 2 is 2.16 bits per heavy atom. The fraction of sp³-hybridized carbons (Fsp3) is 0.545. The van der Waals surface area contributed by atoms with Crippen LogP contribution in [-0.4, -0.2) is 54.7 Å². The van der Waals surface area contributed by atoms with Crippen molar-refractivity contribution in [2.24, 2.45) is 0 Å². The maximum absolute atomic E-state index is 12.3. The molecule has 2 heterocycles. The number of carbonyl (C=O) groups excluding carboxylic acids is 2. The van der Waals surface area contributed by atoms with Gasteiger partial charge in [0.25, 0.3) is 5.91 Å². The predicted octanol–water partition coefficient (Wildman–Crippen LogP) is 1.45. The van der Waals surface area contributed by atoms with E-state index in [4.69, 9.17) is 21.1 Å². The van der Waals surface area contributed by atoms with E-state index in [1.807, 2.05) is 0 Å². The zero-order valence-corrected chi connectivity index (χ0v) is 11.9. The summed E-state index contributed by atoms with van der Waals surface area (Å²) in [4.78, 5) is 29.8. The van der Waals surface area contributed by atoms with Gasteiger partial charge in [-0.15, -0.1) is 0 Å². The van der Waals surface area contributed by atoms with Gasteiger partial charge >= 0.3 is 5.97 Å². The molecule has 1 saturated heterocycles. The quantitative estimate of drug-likeness (QED) is 0.791.